The molecule has 5 N–H and O–H groups in total. The van der Waals surface area contributed by atoms with Gasteiger partial charge in [-0.05, 0) is 48.2 Å². The molecule has 178 valence electrons. The van der Waals surface area contributed by atoms with E-state index in [9.17, 15) is 14.4 Å². The number of amides is 4. The second-order valence-electron chi connectivity index (χ2n) is 8.45. The number of benzene rings is 2. The lowest BCUT2D eigenvalue weighted by Crippen LogP contribution is -2.51. The second-order valence-corrected chi connectivity index (χ2v) is 9.36. The summed E-state index contributed by atoms with van der Waals surface area (Å²) in [5.74, 6) is -0.612. The number of nitrogens with zero attached hydrogens (tertiary/aromatic N) is 1. The number of hydrogen-bond donors (Lipinski definition) is 4. The molecular weight excluding hydrogens is 498 g/mol. The average Bonchev–Trinajstić information content (AvgIpc) is 2.80. The minimum absolute atomic E-state index is 0.106. The summed E-state index contributed by atoms with van der Waals surface area (Å²) in [5, 5.41) is 9.17. The zero-order valence-corrected chi connectivity index (χ0v) is 20.8. The van der Waals surface area contributed by atoms with Crippen LogP contribution in [-0.4, -0.2) is 28.9 Å². The van der Waals surface area contributed by atoms with E-state index in [1.807, 2.05) is 69.3 Å². The molecule has 0 saturated carbocycles. The molecule has 34 heavy (non-hydrogen) atoms. The standard InChI is InChI=1S/C25H28BrN5O3/c1-14(2)22(31-25(27)34)24(33)30-15(3)17-6-4-16(5-7-17)12-29-23(32)19-10-18-11-20(26)8-9-21(18)28-13-19/h4-11,13-15,22H,12H2,1-3H3,(H,29,32)(H,30,33)(H3,27,31,34)/t15?,22-/m0/s1. The van der Waals surface area contributed by atoms with E-state index in [2.05, 4.69) is 36.9 Å². The number of nitrogens with two attached hydrogens (primary N) is 1. The number of carbonyl (C=O) groups is 3. The molecular formula is C25H28BrN5O3. The van der Waals surface area contributed by atoms with Crippen LogP contribution in [0.15, 0.2) is 59.2 Å². The summed E-state index contributed by atoms with van der Waals surface area (Å²) in [4.78, 5) is 40.7. The van der Waals surface area contributed by atoms with Crippen molar-refractivity contribution in [3.63, 3.8) is 0 Å². The predicted octanol–water partition coefficient (Wildman–Crippen LogP) is 3.80. The largest absolute Gasteiger partial charge is 0.352 e. The van der Waals surface area contributed by atoms with Crippen LogP contribution in [-0.2, 0) is 11.3 Å². The number of pyridine rings is 1. The Morgan fingerprint density at radius 1 is 1.00 bits per heavy atom. The van der Waals surface area contributed by atoms with E-state index in [-0.39, 0.29) is 23.8 Å². The van der Waals surface area contributed by atoms with E-state index < -0.39 is 12.1 Å². The molecule has 0 bridgehead atoms. The molecule has 0 radical (unpaired) electrons. The summed E-state index contributed by atoms with van der Waals surface area (Å²) in [6.45, 7) is 5.89. The van der Waals surface area contributed by atoms with Gasteiger partial charge in [0.15, 0.2) is 0 Å². The number of fused-ring (bicyclic) bond motifs is 1. The Bertz CT molecular complexity index is 1200. The van der Waals surface area contributed by atoms with Crippen LogP contribution in [0.5, 0.6) is 0 Å². The Hall–Kier alpha value is -3.46. The maximum absolute atomic E-state index is 12.6. The fraction of sp³-hybridized carbons (Fsp3) is 0.280. The van der Waals surface area contributed by atoms with Gasteiger partial charge in [0.1, 0.15) is 6.04 Å². The molecule has 2 aromatic carbocycles. The Balaban J connectivity index is 1.58. The van der Waals surface area contributed by atoms with Gasteiger partial charge in [-0.2, -0.15) is 0 Å². The Labute approximate surface area is 206 Å². The third-order valence-corrected chi connectivity index (χ3v) is 5.94. The minimum atomic E-state index is -0.736. The first-order chi connectivity index (χ1) is 16.1. The molecule has 8 nitrogen and oxygen atoms in total. The van der Waals surface area contributed by atoms with E-state index in [4.69, 9.17) is 5.73 Å². The maximum atomic E-state index is 12.6. The van der Waals surface area contributed by atoms with Crippen molar-refractivity contribution in [1.29, 1.82) is 0 Å². The molecule has 9 heteroatoms. The van der Waals surface area contributed by atoms with Crippen LogP contribution in [0.1, 0.15) is 48.3 Å². The predicted molar refractivity (Wildman–Crippen MR) is 135 cm³/mol. The number of halogens is 1. The number of hydrogen-bond acceptors (Lipinski definition) is 4. The van der Waals surface area contributed by atoms with Crippen LogP contribution in [0.25, 0.3) is 10.9 Å². The smallest absolute Gasteiger partial charge is 0.312 e. The monoisotopic (exact) mass is 525 g/mol. The number of nitrogens with one attached hydrogen (secondary N) is 3. The normalized spacial score (nSPS) is 12.7. The second kappa shape index (κ2) is 11.1. The topological polar surface area (TPSA) is 126 Å². The molecule has 0 fully saturated rings. The van der Waals surface area contributed by atoms with Gasteiger partial charge in [0.25, 0.3) is 5.91 Å². The van der Waals surface area contributed by atoms with Gasteiger partial charge in [0, 0.05) is 22.6 Å². The molecule has 0 aliphatic rings. The van der Waals surface area contributed by atoms with Crippen molar-refractivity contribution in [3.05, 3.63) is 75.9 Å². The van der Waals surface area contributed by atoms with Gasteiger partial charge < -0.3 is 21.7 Å². The zero-order chi connectivity index (χ0) is 24.8. The van der Waals surface area contributed by atoms with Crippen LogP contribution in [0.2, 0.25) is 0 Å². The fourth-order valence-electron chi connectivity index (χ4n) is 3.51. The average molecular weight is 526 g/mol. The molecule has 3 aromatic rings. The summed E-state index contributed by atoms with van der Waals surface area (Å²) < 4.78 is 0.925. The van der Waals surface area contributed by atoms with Gasteiger partial charge >= 0.3 is 6.03 Å². The number of carbonyl (C=O) groups excluding carboxylic acids is 3. The molecule has 2 atom stereocenters. The summed E-state index contributed by atoms with van der Waals surface area (Å²) in [5.41, 5.74) is 8.31. The molecule has 0 saturated heterocycles. The lowest BCUT2D eigenvalue weighted by atomic mass is 10.0. The van der Waals surface area contributed by atoms with Crippen molar-refractivity contribution in [2.45, 2.75) is 39.4 Å². The van der Waals surface area contributed by atoms with Gasteiger partial charge in [0.05, 0.1) is 17.1 Å². The van der Waals surface area contributed by atoms with Crippen molar-refractivity contribution in [3.8, 4) is 0 Å². The van der Waals surface area contributed by atoms with Crippen molar-refractivity contribution in [1.82, 2.24) is 20.9 Å². The maximum Gasteiger partial charge on any atom is 0.312 e. The molecule has 3 rings (SSSR count). The van der Waals surface area contributed by atoms with Gasteiger partial charge in [-0.15, -0.1) is 0 Å². The highest BCUT2D eigenvalue weighted by molar-refractivity contribution is 9.10. The summed E-state index contributed by atoms with van der Waals surface area (Å²) >= 11 is 3.43. The molecule has 1 unspecified atom stereocenters. The van der Waals surface area contributed by atoms with Gasteiger partial charge in [-0.3, -0.25) is 14.6 Å². The number of urea groups is 1. The number of rotatable bonds is 8. The zero-order valence-electron chi connectivity index (χ0n) is 19.3. The molecule has 4 amide bonds. The van der Waals surface area contributed by atoms with Gasteiger partial charge in [-0.25, -0.2) is 4.79 Å². The van der Waals surface area contributed by atoms with Crippen molar-refractivity contribution in [2.24, 2.45) is 11.7 Å². The first-order valence-electron chi connectivity index (χ1n) is 10.9. The molecule has 1 heterocycles. The van der Waals surface area contributed by atoms with E-state index >= 15 is 0 Å². The third kappa shape index (κ3) is 6.54. The Morgan fingerprint density at radius 2 is 1.71 bits per heavy atom. The SMILES string of the molecule is CC(NC(=O)[C@@H](NC(N)=O)C(C)C)c1ccc(CNC(=O)c2cnc3ccc(Br)cc3c2)cc1. The third-order valence-electron chi connectivity index (χ3n) is 5.44. The number of primary amides is 1. The van der Waals surface area contributed by atoms with Crippen molar-refractivity contribution >= 4 is 44.7 Å². The van der Waals surface area contributed by atoms with E-state index in [1.54, 1.807) is 6.20 Å². The first-order valence-corrected chi connectivity index (χ1v) is 11.7. The molecule has 0 aliphatic carbocycles. The fourth-order valence-corrected chi connectivity index (χ4v) is 3.89. The highest BCUT2D eigenvalue weighted by atomic mass is 79.9. The van der Waals surface area contributed by atoms with Gasteiger partial charge in [-0.1, -0.05) is 54.0 Å². The Morgan fingerprint density at radius 3 is 2.35 bits per heavy atom. The summed E-state index contributed by atoms with van der Waals surface area (Å²) in [7, 11) is 0. The molecule has 0 spiro atoms. The van der Waals surface area contributed by atoms with E-state index in [0.717, 1.165) is 26.5 Å². The van der Waals surface area contributed by atoms with E-state index in [1.165, 1.54) is 0 Å². The van der Waals surface area contributed by atoms with Crippen LogP contribution in [0, 0.1) is 5.92 Å². The van der Waals surface area contributed by atoms with Crippen LogP contribution in [0.3, 0.4) is 0 Å². The Kier molecular flexibility index (Phi) is 8.22. The van der Waals surface area contributed by atoms with Crippen molar-refractivity contribution in [2.75, 3.05) is 0 Å². The van der Waals surface area contributed by atoms with Crippen LogP contribution >= 0.6 is 15.9 Å². The lowest BCUT2D eigenvalue weighted by Gasteiger charge is -2.23. The highest BCUT2D eigenvalue weighted by Crippen LogP contribution is 2.19. The highest BCUT2D eigenvalue weighted by Gasteiger charge is 2.24. The van der Waals surface area contributed by atoms with Gasteiger partial charge in [0.2, 0.25) is 5.91 Å². The van der Waals surface area contributed by atoms with Crippen LogP contribution in [0.4, 0.5) is 4.79 Å². The quantitative estimate of drug-likeness (QED) is 0.356. The first kappa shape index (κ1) is 25.2. The minimum Gasteiger partial charge on any atom is -0.352 e. The number of aromatic nitrogens is 1. The van der Waals surface area contributed by atoms with Crippen molar-refractivity contribution < 1.29 is 14.4 Å². The lowest BCUT2D eigenvalue weighted by molar-refractivity contribution is -0.124. The summed E-state index contributed by atoms with van der Waals surface area (Å²) in [6.07, 6.45) is 1.57. The van der Waals surface area contributed by atoms with Crippen LogP contribution < -0.4 is 21.7 Å². The van der Waals surface area contributed by atoms with E-state index in [0.29, 0.717) is 12.1 Å². The summed E-state index contributed by atoms with van der Waals surface area (Å²) in [6, 6.07) is 13.4. The molecule has 0 aliphatic heterocycles. The molecule has 1 aromatic heterocycles.